The Morgan fingerprint density at radius 1 is 1.36 bits per heavy atom. The van der Waals surface area contributed by atoms with Crippen LogP contribution in [0.5, 0.6) is 0 Å². The van der Waals surface area contributed by atoms with Crippen molar-refractivity contribution in [1.82, 2.24) is 5.32 Å². The molecule has 2 rings (SSSR count). The summed E-state index contributed by atoms with van der Waals surface area (Å²) in [7, 11) is 0. The lowest BCUT2D eigenvalue weighted by Gasteiger charge is -2.23. The van der Waals surface area contributed by atoms with Crippen molar-refractivity contribution in [2.75, 3.05) is 13.2 Å². The Kier molecular flexibility index (Phi) is 3.24. The average Bonchev–Trinajstić information content (AvgIpc) is 2.63. The van der Waals surface area contributed by atoms with E-state index in [4.69, 9.17) is 10.5 Å². The van der Waals surface area contributed by atoms with Gasteiger partial charge in [-0.3, -0.25) is 4.99 Å². The van der Waals surface area contributed by atoms with Crippen molar-refractivity contribution in [3.63, 3.8) is 0 Å². The summed E-state index contributed by atoms with van der Waals surface area (Å²) in [6.07, 6.45) is 6.94. The van der Waals surface area contributed by atoms with E-state index >= 15 is 0 Å². The lowest BCUT2D eigenvalue weighted by Crippen LogP contribution is -2.39. The molecule has 1 aliphatic carbocycles. The number of rotatable bonds is 3. The third kappa shape index (κ3) is 2.61. The van der Waals surface area contributed by atoms with E-state index in [1.807, 2.05) is 0 Å². The van der Waals surface area contributed by atoms with E-state index in [9.17, 15) is 0 Å². The molecule has 0 radical (unpaired) electrons. The molecule has 1 fully saturated rings. The predicted molar refractivity (Wildman–Crippen MR) is 56.2 cm³/mol. The minimum absolute atomic E-state index is 0.303. The van der Waals surface area contributed by atoms with Crippen molar-refractivity contribution >= 4 is 5.96 Å². The second-order valence-electron chi connectivity index (χ2n) is 4.16. The first-order chi connectivity index (χ1) is 6.84. The van der Waals surface area contributed by atoms with Crippen LogP contribution in [0.2, 0.25) is 0 Å². The number of ether oxygens (including phenoxy) is 1. The van der Waals surface area contributed by atoms with Crippen LogP contribution in [0.4, 0.5) is 0 Å². The fourth-order valence-electron chi connectivity index (χ4n) is 2.09. The second-order valence-corrected chi connectivity index (χ2v) is 4.16. The summed E-state index contributed by atoms with van der Waals surface area (Å²) in [5.74, 6) is 0.558. The van der Waals surface area contributed by atoms with E-state index in [-0.39, 0.29) is 0 Å². The van der Waals surface area contributed by atoms with E-state index < -0.39 is 0 Å². The molecule has 1 unspecified atom stereocenters. The van der Waals surface area contributed by atoms with Gasteiger partial charge in [0.05, 0.1) is 25.3 Å². The van der Waals surface area contributed by atoms with Gasteiger partial charge in [0.25, 0.3) is 0 Å². The standard InChI is InChI=1S/C10H19N3O/c11-10-12-6-8(13-10)7-14-9-4-2-1-3-5-9/h8-9H,1-7H2,(H3,11,12,13). The molecular weight excluding hydrogens is 178 g/mol. The maximum atomic E-state index is 5.82. The zero-order valence-electron chi connectivity index (χ0n) is 8.54. The topological polar surface area (TPSA) is 59.6 Å². The molecule has 80 valence electrons. The van der Waals surface area contributed by atoms with E-state index in [0.29, 0.717) is 18.1 Å². The normalized spacial score (nSPS) is 28.6. The van der Waals surface area contributed by atoms with Gasteiger partial charge in [0.15, 0.2) is 5.96 Å². The van der Waals surface area contributed by atoms with Crippen LogP contribution in [0.3, 0.4) is 0 Å². The summed E-state index contributed by atoms with van der Waals surface area (Å²) in [5, 5.41) is 3.10. The Balaban J connectivity index is 1.62. The number of nitrogens with zero attached hydrogens (tertiary/aromatic N) is 1. The highest BCUT2D eigenvalue weighted by Crippen LogP contribution is 2.20. The first-order valence-electron chi connectivity index (χ1n) is 5.52. The van der Waals surface area contributed by atoms with Crippen molar-refractivity contribution in [3.05, 3.63) is 0 Å². The number of hydrogen-bond donors (Lipinski definition) is 2. The van der Waals surface area contributed by atoms with E-state index in [0.717, 1.165) is 13.2 Å². The highest BCUT2D eigenvalue weighted by molar-refractivity contribution is 5.79. The molecule has 1 atom stereocenters. The van der Waals surface area contributed by atoms with Gasteiger partial charge in [-0.1, -0.05) is 19.3 Å². The summed E-state index contributed by atoms with van der Waals surface area (Å²) >= 11 is 0. The molecule has 14 heavy (non-hydrogen) atoms. The fourth-order valence-corrected chi connectivity index (χ4v) is 2.09. The lowest BCUT2D eigenvalue weighted by molar-refractivity contribution is 0.0205. The third-order valence-corrected chi connectivity index (χ3v) is 2.92. The Morgan fingerprint density at radius 2 is 2.14 bits per heavy atom. The van der Waals surface area contributed by atoms with Crippen LogP contribution < -0.4 is 11.1 Å². The predicted octanol–water partition coefficient (Wildman–Crippen LogP) is 0.622. The molecule has 1 aliphatic heterocycles. The van der Waals surface area contributed by atoms with Gasteiger partial charge in [0, 0.05) is 0 Å². The molecule has 0 saturated heterocycles. The van der Waals surface area contributed by atoms with Gasteiger partial charge in [-0.05, 0) is 12.8 Å². The maximum Gasteiger partial charge on any atom is 0.189 e. The van der Waals surface area contributed by atoms with Crippen molar-refractivity contribution < 1.29 is 4.74 Å². The Labute approximate surface area is 84.9 Å². The zero-order chi connectivity index (χ0) is 9.80. The number of guanidine groups is 1. The quantitative estimate of drug-likeness (QED) is 0.697. The van der Waals surface area contributed by atoms with Crippen LogP contribution in [0, 0.1) is 0 Å². The highest BCUT2D eigenvalue weighted by atomic mass is 16.5. The molecule has 4 heteroatoms. The van der Waals surface area contributed by atoms with E-state index in [1.54, 1.807) is 0 Å². The van der Waals surface area contributed by atoms with Gasteiger partial charge in [-0.2, -0.15) is 0 Å². The van der Waals surface area contributed by atoms with Crippen molar-refractivity contribution in [2.24, 2.45) is 10.7 Å². The molecule has 0 aromatic heterocycles. The van der Waals surface area contributed by atoms with Crippen LogP contribution in [0.25, 0.3) is 0 Å². The first kappa shape index (κ1) is 9.77. The summed E-state index contributed by atoms with van der Waals surface area (Å²) in [4.78, 5) is 4.08. The Bertz CT molecular complexity index is 209. The summed E-state index contributed by atoms with van der Waals surface area (Å²) in [6, 6.07) is 0.303. The van der Waals surface area contributed by atoms with Gasteiger partial charge in [-0.15, -0.1) is 0 Å². The molecule has 0 amide bonds. The summed E-state index contributed by atoms with van der Waals surface area (Å²) < 4.78 is 5.82. The minimum atomic E-state index is 0.303. The number of hydrogen-bond acceptors (Lipinski definition) is 4. The number of nitrogens with one attached hydrogen (secondary N) is 1. The maximum absolute atomic E-state index is 5.82. The Hall–Kier alpha value is -0.770. The first-order valence-corrected chi connectivity index (χ1v) is 5.52. The van der Waals surface area contributed by atoms with Crippen molar-refractivity contribution in [2.45, 2.75) is 44.2 Å². The van der Waals surface area contributed by atoms with Gasteiger partial charge in [0.2, 0.25) is 0 Å². The zero-order valence-corrected chi connectivity index (χ0v) is 8.54. The number of nitrogens with two attached hydrogens (primary N) is 1. The van der Waals surface area contributed by atoms with Crippen LogP contribution in [-0.2, 0) is 4.74 Å². The Morgan fingerprint density at radius 3 is 2.79 bits per heavy atom. The van der Waals surface area contributed by atoms with Crippen LogP contribution in [-0.4, -0.2) is 31.3 Å². The van der Waals surface area contributed by atoms with Gasteiger partial charge in [0.1, 0.15) is 0 Å². The molecule has 4 nitrogen and oxygen atoms in total. The molecule has 0 spiro atoms. The SMILES string of the molecule is NC1=NCC(COC2CCCCC2)N1. The molecule has 0 bridgehead atoms. The summed E-state index contributed by atoms with van der Waals surface area (Å²) in [6.45, 7) is 1.51. The highest BCUT2D eigenvalue weighted by Gasteiger charge is 2.19. The largest absolute Gasteiger partial charge is 0.376 e. The molecule has 2 aliphatic rings. The van der Waals surface area contributed by atoms with Crippen molar-refractivity contribution in [1.29, 1.82) is 0 Å². The van der Waals surface area contributed by atoms with Gasteiger partial charge in [-0.25, -0.2) is 0 Å². The molecule has 0 aromatic carbocycles. The summed E-state index contributed by atoms with van der Waals surface area (Å²) in [5.41, 5.74) is 5.52. The average molecular weight is 197 g/mol. The van der Waals surface area contributed by atoms with E-state index in [1.165, 1.54) is 32.1 Å². The van der Waals surface area contributed by atoms with Gasteiger partial charge >= 0.3 is 0 Å². The molecule has 1 saturated carbocycles. The minimum Gasteiger partial charge on any atom is -0.376 e. The second kappa shape index (κ2) is 4.64. The smallest absolute Gasteiger partial charge is 0.189 e. The van der Waals surface area contributed by atoms with Crippen LogP contribution >= 0.6 is 0 Å². The number of aliphatic imine (C=N–C) groups is 1. The van der Waals surface area contributed by atoms with Crippen molar-refractivity contribution in [3.8, 4) is 0 Å². The van der Waals surface area contributed by atoms with E-state index in [2.05, 4.69) is 10.3 Å². The van der Waals surface area contributed by atoms with Crippen LogP contribution in [0.15, 0.2) is 4.99 Å². The monoisotopic (exact) mass is 197 g/mol. The van der Waals surface area contributed by atoms with Gasteiger partial charge < -0.3 is 15.8 Å². The molecule has 1 heterocycles. The molecule has 3 N–H and O–H groups in total. The van der Waals surface area contributed by atoms with Crippen LogP contribution in [0.1, 0.15) is 32.1 Å². The molecule has 0 aromatic rings. The fraction of sp³-hybridized carbons (Fsp3) is 0.900. The third-order valence-electron chi connectivity index (χ3n) is 2.92. The molecular formula is C10H19N3O. The lowest BCUT2D eigenvalue weighted by atomic mass is 9.98.